The Bertz CT molecular complexity index is 805. The molecule has 2 aromatic rings. The van der Waals surface area contributed by atoms with Crippen LogP contribution in [-0.2, 0) is 11.3 Å². The summed E-state index contributed by atoms with van der Waals surface area (Å²) in [4.78, 5) is 25.3. The Hall–Kier alpha value is -3.03. The van der Waals surface area contributed by atoms with Crippen LogP contribution < -0.4 is 15.5 Å². The number of aryl methyl sites for hydroxylation is 2. The Kier molecular flexibility index (Phi) is 7.10. The number of hydrogen-bond donors (Lipinski definition) is 2. The molecule has 0 atom stereocenters. The predicted octanol–water partition coefficient (Wildman–Crippen LogP) is 1.70. The van der Waals surface area contributed by atoms with Crippen molar-refractivity contribution in [3.05, 3.63) is 47.7 Å². The Morgan fingerprint density at radius 3 is 2.48 bits per heavy atom. The number of anilines is 1. The van der Waals surface area contributed by atoms with Crippen molar-refractivity contribution in [1.82, 2.24) is 20.5 Å². The topological polar surface area (TPSA) is 86.0 Å². The summed E-state index contributed by atoms with van der Waals surface area (Å²) >= 11 is 0. The number of benzene rings is 1. The smallest absolute Gasteiger partial charge is 0.224 e. The lowest BCUT2D eigenvalue weighted by atomic mass is 10.2. The molecule has 3 rings (SSSR count). The summed E-state index contributed by atoms with van der Waals surface area (Å²) in [6, 6.07) is 10.3. The first-order valence-electron chi connectivity index (χ1n) is 10.0. The number of nitrogens with zero attached hydrogens (tertiary/aromatic N) is 4. The Morgan fingerprint density at radius 2 is 1.86 bits per heavy atom. The van der Waals surface area contributed by atoms with Gasteiger partial charge in [0.25, 0.3) is 0 Å². The van der Waals surface area contributed by atoms with Crippen LogP contribution >= 0.6 is 0 Å². The molecule has 2 N–H and O–H groups in total. The maximum absolute atomic E-state index is 12.5. The average molecular weight is 399 g/mol. The first-order valence-corrected chi connectivity index (χ1v) is 10.0. The predicted molar refractivity (Wildman–Crippen MR) is 114 cm³/mol. The van der Waals surface area contributed by atoms with Gasteiger partial charge in [0, 0.05) is 51.9 Å². The number of carbonyl (C=O) groups excluding carboxylic acids is 1. The van der Waals surface area contributed by atoms with E-state index in [0.29, 0.717) is 31.4 Å². The van der Waals surface area contributed by atoms with Gasteiger partial charge in [-0.3, -0.25) is 9.79 Å². The number of guanidine groups is 1. The summed E-state index contributed by atoms with van der Waals surface area (Å²) in [5, 5.41) is 6.33. The molecule has 0 spiro atoms. The number of aromatic nitrogens is 1. The minimum absolute atomic E-state index is 0.166. The first kappa shape index (κ1) is 20.7. The molecule has 0 unspecified atom stereocenters. The van der Waals surface area contributed by atoms with E-state index in [1.54, 1.807) is 7.05 Å². The van der Waals surface area contributed by atoms with Gasteiger partial charge in [-0.25, -0.2) is 4.98 Å². The normalized spacial score (nSPS) is 14.8. The van der Waals surface area contributed by atoms with Gasteiger partial charge in [0.15, 0.2) is 5.96 Å². The van der Waals surface area contributed by atoms with Crippen molar-refractivity contribution in [2.75, 3.05) is 44.7 Å². The van der Waals surface area contributed by atoms with Crippen LogP contribution in [0.4, 0.5) is 5.69 Å². The fraction of sp³-hybridized carbons (Fsp3) is 0.476. The SMILES string of the molecule is CN=C(NCCC(=O)N1CCN(c2ccccc2)CC1)NCc1nc(C)c(C)o1. The molecule has 1 aromatic carbocycles. The molecule has 0 radical (unpaired) electrons. The molecule has 29 heavy (non-hydrogen) atoms. The summed E-state index contributed by atoms with van der Waals surface area (Å²) in [6.45, 7) is 8.02. The van der Waals surface area contributed by atoms with Gasteiger partial charge in [-0.1, -0.05) is 18.2 Å². The quantitative estimate of drug-likeness (QED) is 0.569. The summed E-state index contributed by atoms with van der Waals surface area (Å²) in [5.41, 5.74) is 2.11. The van der Waals surface area contributed by atoms with Gasteiger partial charge in [0.05, 0.1) is 12.2 Å². The summed E-state index contributed by atoms with van der Waals surface area (Å²) in [6.07, 6.45) is 0.434. The van der Waals surface area contributed by atoms with Gasteiger partial charge < -0.3 is 24.9 Å². The van der Waals surface area contributed by atoms with Crippen molar-refractivity contribution in [3.8, 4) is 0 Å². The highest BCUT2D eigenvalue weighted by Crippen LogP contribution is 2.15. The van der Waals surface area contributed by atoms with Gasteiger partial charge >= 0.3 is 0 Å². The molecule has 156 valence electrons. The monoisotopic (exact) mass is 398 g/mol. The third-order valence-corrected chi connectivity index (χ3v) is 5.09. The van der Waals surface area contributed by atoms with E-state index in [9.17, 15) is 4.79 Å². The van der Waals surface area contributed by atoms with Crippen LogP contribution in [0.5, 0.6) is 0 Å². The van der Waals surface area contributed by atoms with E-state index in [1.165, 1.54) is 5.69 Å². The van der Waals surface area contributed by atoms with Crippen molar-refractivity contribution >= 4 is 17.6 Å². The molecule has 8 nitrogen and oxygen atoms in total. The maximum Gasteiger partial charge on any atom is 0.224 e. The van der Waals surface area contributed by atoms with Crippen LogP contribution in [0.15, 0.2) is 39.7 Å². The second-order valence-corrected chi connectivity index (χ2v) is 7.06. The molecule has 1 aliphatic rings. The Balaban J connectivity index is 1.36. The molecule has 1 aromatic heterocycles. The number of oxazole rings is 1. The Labute approximate surface area is 172 Å². The second kappa shape index (κ2) is 9.95. The van der Waals surface area contributed by atoms with E-state index >= 15 is 0 Å². The van der Waals surface area contributed by atoms with Crippen LogP contribution in [0.25, 0.3) is 0 Å². The standard InChI is InChI=1S/C21H30N6O2/c1-16-17(2)29-19(25-16)15-24-21(22-3)23-10-9-20(28)27-13-11-26(12-14-27)18-7-5-4-6-8-18/h4-8H,9-15H2,1-3H3,(H2,22,23,24). The zero-order chi connectivity index (χ0) is 20.6. The highest BCUT2D eigenvalue weighted by atomic mass is 16.4. The fourth-order valence-electron chi connectivity index (χ4n) is 3.29. The molecular weight excluding hydrogens is 368 g/mol. The number of carbonyl (C=O) groups is 1. The highest BCUT2D eigenvalue weighted by Gasteiger charge is 2.20. The third kappa shape index (κ3) is 5.73. The number of rotatable bonds is 6. The number of aliphatic imine (C=N–C) groups is 1. The minimum atomic E-state index is 0.166. The maximum atomic E-state index is 12.5. The van der Waals surface area contributed by atoms with E-state index in [0.717, 1.165) is 37.6 Å². The largest absolute Gasteiger partial charge is 0.444 e. The van der Waals surface area contributed by atoms with Crippen molar-refractivity contribution in [3.63, 3.8) is 0 Å². The molecule has 1 aliphatic heterocycles. The average Bonchev–Trinajstić information content (AvgIpc) is 3.08. The summed E-state index contributed by atoms with van der Waals surface area (Å²) < 4.78 is 5.55. The van der Waals surface area contributed by atoms with E-state index in [1.807, 2.05) is 36.9 Å². The fourth-order valence-corrected chi connectivity index (χ4v) is 3.29. The highest BCUT2D eigenvalue weighted by molar-refractivity contribution is 5.81. The number of nitrogens with one attached hydrogen (secondary N) is 2. The summed E-state index contributed by atoms with van der Waals surface area (Å²) in [5.74, 6) is 2.23. The van der Waals surface area contributed by atoms with Crippen molar-refractivity contribution in [2.45, 2.75) is 26.8 Å². The van der Waals surface area contributed by atoms with Gasteiger partial charge in [-0.2, -0.15) is 0 Å². The minimum Gasteiger partial charge on any atom is -0.444 e. The third-order valence-electron chi connectivity index (χ3n) is 5.09. The zero-order valence-corrected chi connectivity index (χ0v) is 17.4. The molecule has 1 amide bonds. The number of hydrogen-bond acceptors (Lipinski definition) is 5. The number of piperazine rings is 1. The van der Waals surface area contributed by atoms with E-state index in [-0.39, 0.29) is 5.91 Å². The second-order valence-electron chi connectivity index (χ2n) is 7.06. The lowest BCUT2D eigenvalue weighted by Crippen LogP contribution is -2.49. The van der Waals surface area contributed by atoms with Crippen molar-refractivity contribution < 1.29 is 9.21 Å². The Morgan fingerprint density at radius 1 is 1.14 bits per heavy atom. The van der Waals surface area contributed by atoms with E-state index in [4.69, 9.17) is 4.42 Å². The van der Waals surface area contributed by atoms with Crippen molar-refractivity contribution in [2.24, 2.45) is 4.99 Å². The van der Waals surface area contributed by atoms with Gasteiger partial charge in [0.2, 0.25) is 11.8 Å². The van der Waals surface area contributed by atoms with Gasteiger partial charge in [-0.15, -0.1) is 0 Å². The number of para-hydroxylation sites is 1. The number of amides is 1. The molecule has 1 saturated heterocycles. The molecule has 0 aliphatic carbocycles. The molecular formula is C21H30N6O2. The molecule has 2 heterocycles. The van der Waals surface area contributed by atoms with Crippen LogP contribution in [0.3, 0.4) is 0 Å². The molecule has 8 heteroatoms. The molecule has 0 bridgehead atoms. The lowest BCUT2D eigenvalue weighted by Gasteiger charge is -2.36. The van der Waals surface area contributed by atoms with Crippen LogP contribution in [0.1, 0.15) is 23.8 Å². The molecule has 1 fully saturated rings. The first-order chi connectivity index (χ1) is 14.1. The lowest BCUT2D eigenvalue weighted by molar-refractivity contribution is -0.131. The van der Waals surface area contributed by atoms with Crippen LogP contribution in [0, 0.1) is 13.8 Å². The van der Waals surface area contributed by atoms with E-state index < -0.39 is 0 Å². The van der Waals surface area contributed by atoms with E-state index in [2.05, 4.69) is 37.6 Å². The van der Waals surface area contributed by atoms with Crippen LogP contribution in [-0.4, -0.2) is 61.5 Å². The van der Waals surface area contributed by atoms with Gasteiger partial charge in [0.1, 0.15) is 5.76 Å². The van der Waals surface area contributed by atoms with Crippen LogP contribution in [0.2, 0.25) is 0 Å². The van der Waals surface area contributed by atoms with Gasteiger partial charge in [-0.05, 0) is 26.0 Å². The summed E-state index contributed by atoms with van der Waals surface area (Å²) in [7, 11) is 1.70. The van der Waals surface area contributed by atoms with Crippen molar-refractivity contribution in [1.29, 1.82) is 0 Å². The molecule has 0 saturated carbocycles. The zero-order valence-electron chi connectivity index (χ0n) is 17.4.